The third-order valence-electron chi connectivity index (χ3n) is 3.13. The number of likely N-dealkylation sites (tertiary alicyclic amines) is 1. The minimum atomic E-state index is -4.69. The van der Waals surface area contributed by atoms with Gasteiger partial charge in [-0.2, -0.15) is 18.4 Å². The molecule has 0 aromatic carbocycles. The van der Waals surface area contributed by atoms with E-state index in [9.17, 15) is 22.8 Å². The number of rotatable bonds is 2. The largest absolute Gasteiger partial charge is 0.417 e. The summed E-state index contributed by atoms with van der Waals surface area (Å²) in [7, 11) is 1.31. The van der Waals surface area contributed by atoms with Gasteiger partial charge in [-0.3, -0.25) is 14.5 Å². The van der Waals surface area contributed by atoms with Crippen molar-refractivity contribution in [2.75, 3.05) is 7.05 Å². The number of halogens is 3. The van der Waals surface area contributed by atoms with Crippen molar-refractivity contribution in [3.8, 4) is 6.07 Å². The molecule has 9 heteroatoms. The molecule has 2 rings (SSSR count). The van der Waals surface area contributed by atoms with Crippen LogP contribution in [0.2, 0.25) is 0 Å². The van der Waals surface area contributed by atoms with Crippen LogP contribution in [0.5, 0.6) is 0 Å². The Bertz CT molecular complexity index is 697. The van der Waals surface area contributed by atoms with Gasteiger partial charge in [0.1, 0.15) is 11.1 Å². The lowest BCUT2D eigenvalue weighted by atomic mass is 10.1. The van der Waals surface area contributed by atoms with Gasteiger partial charge in [0.2, 0.25) is 11.8 Å². The highest BCUT2D eigenvalue weighted by molar-refractivity contribution is 8.00. The number of hydrogen-bond acceptors (Lipinski definition) is 5. The Morgan fingerprint density at radius 1 is 1.45 bits per heavy atom. The zero-order valence-electron chi connectivity index (χ0n) is 11.6. The summed E-state index contributed by atoms with van der Waals surface area (Å²) in [5, 5.41) is 7.99. The summed E-state index contributed by atoms with van der Waals surface area (Å²) in [6.07, 6.45) is -4.82. The second-order valence-electron chi connectivity index (χ2n) is 4.70. The van der Waals surface area contributed by atoms with Gasteiger partial charge in [0.25, 0.3) is 0 Å². The Morgan fingerprint density at radius 2 is 2.09 bits per heavy atom. The number of carbonyl (C=O) groups is 2. The van der Waals surface area contributed by atoms with Crippen molar-refractivity contribution in [3.05, 3.63) is 22.9 Å². The first kappa shape index (κ1) is 16.3. The third kappa shape index (κ3) is 2.92. The van der Waals surface area contributed by atoms with Crippen LogP contribution >= 0.6 is 11.8 Å². The zero-order valence-corrected chi connectivity index (χ0v) is 12.4. The highest BCUT2D eigenvalue weighted by Crippen LogP contribution is 2.38. The third-order valence-corrected chi connectivity index (χ3v) is 4.30. The molecule has 0 saturated carbocycles. The minimum Gasteiger partial charge on any atom is -0.285 e. The second kappa shape index (κ2) is 5.61. The van der Waals surface area contributed by atoms with Crippen LogP contribution in [0.4, 0.5) is 13.2 Å². The number of aryl methyl sites for hydroxylation is 1. The molecule has 0 radical (unpaired) electrons. The van der Waals surface area contributed by atoms with Crippen molar-refractivity contribution in [1.82, 2.24) is 9.88 Å². The van der Waals surface area contributed by atoms with Crippen LogP contribution in [0, 0.1) is 18.3 Å². The number of amides is 2. The molecule has 1 unspecified atom stereocenters. The van der Waals surface area contributed by atoms with Crippen molar-refractivity contribution in [3.63, 3.8) is 0 Å². The van der Waals surface area contributed by atoms with Crippen molar-refractivity contribution in [2.24, 2.45) is 0 Å². The van der Waals surface area contributed by atoms with E-state index in [1.807, 2.05) is 0 Å². The molecule has 1 aliphatic heterocycles. The molecule has 1 atom stereocenters. The van der Waals surface area contributed by atoms with Gasteiger partial charge in [-0.1, -0.05) is 11.8 Å². The van der Waals surface area contributed by atoms with E-state index in [-0.39, 0.29) is 17.1 Å². The molecule has 1 fully saturated rings. The van der Waals surface area contributed by atoms with Crippen LogP contribution in [-0.2, 0) is 15.8 Å². The molecule has 1 aromatic heterocycles. The summed E-state index contributed by atoms with van der Waals surface area (Å²) < 4.78 is 39.0. The number of hydrogen-bond donors (Lipinski definition) is 0. The SMILES string of the molecule is Cc1cc(C(F)(F)F)c(C#N)c(SC2CC(=O)N(C)C2=O)n1. The number of alkyl halides is 3. The van der Waals surface area contributed by atoms with E-state index >= 15 is 0 Å². The number of nitriles is 1. The first-order chi connectivity index (χ1) is 10.1. The highest BCUT2D eigenvalue weighted by Gasteiger charge is 2.40. The monoisotopic (exact) mass is 329 g/mol. The van der Waals surface area contributed by atoms with Crippen LogP contribution in [0.3, 0.4) is 0 Å². The van der Waals surface area contributed by atoms with E-state index in [0.29, 0.717) is 11.8 Å². The first-order valence-electron chi connectivity index (χ1n) is 6.11. The second-order valence-corrected chi connectivity index (χ2v) is 5.89. The molecule has 0 spiro atoms. The molecule has 1 aliphatic rings. The number of imide groups is 1. The van der Waals surface area contributed by atoms with E-state index in [4.69, 9.17) is 5.26 Å². The predicted molar refractivity (Wildman–Crippen MR) is 70.7 cm³/mol. The lowest BCUT2D eigenvalue weighted by molar-refractivity contribution is -0.138. The molecule has 5 nitrogen and oxygen atoms in total. The van der Waals surface area contributed by atoms with Crippen LogP contribution < -0.4 is 0 Å². The number of nitrogens with zero attached hydrogens (tertiary/aromatic N) is 3. The molecule has 1 saturated heterocycles. The van der Waals surface area contributed by atoms with Gasteiger partial charge in [0, 0.05) is 19.2 Å². The van der Waals surface area contributed by atoms with E-state index in [1.165, 1.54) is 20.0 Å². The fraction of sp³-hybridized carbons (Fsp3) is 0.385. The van der Waals surface area contributed by atoms with E-state index in [1.54, 1.807) is 0 Å². The Labute approximate surface area is 128 Å². The number of thioether (sulfide) groups is 1. The summed E-state index contributed by atoms with van der Waals surface area (Å²) in [6.45, 7) is 1.37. The maximum atomic E-state index is 13.0. The highest BCUT2D eigenvalue weighted by atomic mass is 32.2. The maximum absolute atomic E-state index is 13.0. The van der Waals surface area contributed by atoms with Gasteiger partial charge >= 0.3 is 6.18 Å². The molecule has 2 amide bonds. The van der Waals surface area contributed by atoms with E-state index in [2.05, 4.69) is 4.98 Å². The standard InChI is InChI=1S/C13H10F3N3O2S/c1-6-3-8(13(14,15)16)7(5-17)11(18-6)22-9-4-10(20)19(2)12(9)21/h3,9H,4H2,1-2H3. The van der Waals surface area contributed by atoms with Gasteiger partial charge < -0.3 is 0 Å². The van der Waals surface area contributed by atoms with Crippen molar-refractivity contribution in [2.45, 2.75) is 29.8 Å². The normalized spacial score (nSPS) is 18.7. The molecular weight excluding hydrogens is 319 g/mol. The summed E-state index contributed by atoms with van der Waals surface area (Å²) in [4.78, 5) is 28.1. The van der Waals surface area contributed by atoms with Gasteiger partial charge in [-0.05, 0) is 13.0 Å². The van der Waals surface area contributed by atoms with E-state index in [0.717, 1.165) is 11.0 Å². The molecule has 22 heavy (non-hydrogen) atoms. The molecule has 0 bridgehead atoms. The molecule has 1 aromatic rings. The fourth-order valence-electron chi connectivity index (χ4n) is 2.01. The Balaban J connectivity index is 2.44. The Morgan fingerprint density at radius 3 is 2.55 bits per heavy atom. The summed E-state index contributed by atoms with van der Waals surface area (Å²) in [6, 6.07) is 2.28. The summed E-state index contributed by atoms with van der Waals surface area (Å²) in [5.41, 5.74) is -1.63. The van der Waals surface area contributed by atoms with Crippen molar-refractivity contribution >= 4 is 23.6 Å². The molecule has 0 N–H and O–H groups in total. The Hall–Kier alpha value is -2.08. The predicted octanol–water partition coefficient (Wildman–Crippen LogP) is 2.13. The van der Waals surface area contributed by atoms with Gasteiger partial charge in [0.15, 0.2) is 0 Å². The average Bonchev–Trinajstić information content (AvgIpc) is 2.65. The van der Waals surface area contributed by atoms with Gasteiger partial charge in [-0.25, -0.2) is 4.98 Å². The first-order valence-corrected chi connectivity index (χ1v) is 6.99. The Kier molecular flexibility index (Phi) is 4.15. The summed E-state index contributed by atoms with van der Waals surface area (Å²) >= 11 is 0.717. The van der Waals surface area contributed by atoms with Crippen molar-refractivity contribution in [1.29, 1.82) is 5.26 Å². The number of carbonyl (C=O) groups excluding carboxylic acids is 2. The topological polar surface area (TPSA) is 74.1 Å². The quantitative estimate of drug-likeness (QED) is 0.777. The van der Waals surface area contributed by atoms with Crippen LogP contribution in [-0.4, -0.2) is 34.0 Å². The maximum Gasteiger partial charge on any atom is 0.417 e. The van der Waals surface area contributed by atoms with Crippen LogP contribution in [0.1, 0.15) is 23.2 Å². The zero-order chi connectivity index (χ0) is 16.7. The number of aromatic nitrogens is 1. The molecular formula is C13H10F3N3O2S. The fourth-order valence-corrected chi connectivity index (χ4v) is 3.23. The smallest absolute Gasteiger partial charge is 0.285 e. The summed E-state index contributed by atoms with van der Waals surface area (Å²) in [5.74, 6) is -0.916. The lowest BCUT2D eigenvalue weighted by Crippen LogP contribution is -2.26. The van der Waals surface area contributed by atoms with Crippen LogP contribution in [0.15, 0.2) is 11.1 Å². The van der Waals surface area contributed by atoms with Crippen molar-refractivity contribution < 1.29 is 22.8 Å². The molecule has 2 heterocycles. The minimum absolute atomic E-state index is 0.0824. The van der Waals surface area contributed by atoms with E-state index < -0.39 is 34.4 Å². The van der Waals surface area contributed by atoms with Gasteiger partial charge in [-0.15, -0.1) is 0 Å². The lowest BCUT2D eigenvalue weighted by Gasteiger charge is -2.14. The molecule has 116 valence electrons. The molecule has 0 aliphatic carbocycles. The van der Waals surface area contributed by atoms with Crippen LogP contribution in [0.25, 0.3) is 0 Å². The number of pyridine rings is 1. The van der Waals surface area contributed by atoms with Gasteiger partial charge in [0.05, 0.1) is 16.4 Å². The average molecular weight is 329 g/mol.